The molecule has 8 heteroatoms. The molecule has 2 aromatic rings. The third-order valence-electron chi connectivity index (χ3n) is 6.61. The molecule has 0 aromatic heterocycles. The Labute approximate surface area is 223 Å². The van der Waals surface area contributed by atoms with Crippen molar-refractivity contribution in [1.82, 2.24) is 5.32 Å². The summed E-state index contributed by atoms with van der Waals surface area (Å²) in [6, 6.07) is 14.8. The van der Waals surface area contributed by atoms with Crippen LogP contribution in [0, 0.1) is 10.8 Å². The molecule has 0 aliphatic heterocycles. The number of amides is 1. The van der Waals surface area contributed by atoms with Gasteiger partial charge in [-0.15, -0.1) is 0 Å². The van der Waals surface area contributed by atoms with Gasteiger partial charge in [0, 0.05) is 12.8 Å². The number of aryl methyl sites for hydroxylation is 1. The highest BCUT2D eigenvalue weighted by atomic mass is 16.5. The summed E-state index contributed by atoms with van der Waals surface area (Å²) in [4.78, 5) is 26.0. The highest BCUT2D eigenvalue weighted by Gasteiger charge is 2.37. The number of fused-ring (bicyclic) bond motifs is 1. The van der Waals surface area contributed by atoms with Crippen molar-refractivity contribution in [3.8, 4) is 11.1 Å². The van der Waals surface area contributed by atoms with Crippen LogP contribution in [-0.4, -0.2) is 70.3 Å². The highest BCUT2D eigenvalue weighted by Crippen LogP contribution is 2.26. The summed E-state index contributed by atoms with van der Waals surface area (Å²) in [6.07, 6.45) is -2.71. The van der Waals surface area contributed by atoms with Crippen molar-refractivity contribution in [2.45, 2.75) is 70.5 Å². The van der Waals surface area contributed by atoms with Crippen molar-refractivity contribution in [1.29, 1.82) is 5.41 Å². The number of carbonyl (C=O) groups is 2. The second kappa shape index (κ2) is 12.6. The van der Waals surface area contributed by atoms with Crippen LogP contribution in [0.3, 0.4) is 0 Å². The Kier molecular flexibility index (Phi) is 9.73. The fraction of sp³-hybridized carbons (Fsp3) is 0.433. The molecule has 8 nitrogen and oxygen atoms in total. The van der Waals surface area contributed by atoms with E-state index in [-0.39, 0.29) is 23.3 Å². The number of Topliss-reactive ketones (excluding diaryl/α,β-unsaturated/α-hetero) is 1. The van der Waals surface area contributed by atoms with Crippen molar-refractivity contribution in [2.75, 3.05) is 7.11 Å². The second-order valence-corrected chi connectivity index (χ2v) is 10.8. The van der Waals surface area contributed by atoms with Crippen LogP contribution in [0.25, 0.3) is 11.1 Å². The van der Waals surface area contributed by atoms with E-state index in [1.807, 2.05) is 69.3 Å². The first-order valence-electron chi connectivity index (χ1n) is 12.8. The van der Waals surface area contributed by atoms with Gasteiger partial charge in [0.15, 0.2) is 11.9 Å². The van der Waals surface area contributed by atoms with Gasteiger partial charge in [-0.3, -0.25) is 9.59 Å². The van der Waals surface area contributed by atoms with Crippen LogP contribution in [-0.2, 0) is 20.7 Å². The van der Waals surface area contributed by atoms with Crippen LogP contribution >= 0.6 is 0 Å². The largest absolute Gasteiger partial charge is 0.387 e. The smallest absolute Gasteiger partial charge is 0.252 e. The molecule has 0 radical (unpaired) electrons. The Hall–Kier alpha value is -3.17. The summed E-state index contributed by atoms with van der Waals surface area (Å²) in [5.41, 5.74) is 3.59. The average molecular weight is 523 g/mol. The van der Waals surface area contributed by atoms with Gasteiger partial charge in [-0.2, -0.15) is 0 Å². The number of allylic oxidation sites excluding steroid dienone is 1. The van der Waals surface area contributed by atoms with Crippen molar-refractivity contribution >= 4 is 17.4 Å². The molecule has 1 aliphatic rings. The monoisotopic (exact) mass is 522 g/mol. The van der Waals surface area contributed by atoms with Gasteiger partial charge < -0.3 is 30.8 Å². The number of hydrogen-bond donors (Lipinski definition) is 5. The summed E-state index contributed by atoms with van der Waals surface area (Å²) < 4.78 is 5.15. The van der Waals surface area contributed by atoms with Crippen LogP contribution in [0.15, 0.2) is 60.7 Å². The predicted octanol–water partition coefficient (Wildman–Crippen LogP) is 2.81. The molecule has 3 rings (SSSR count). The van der Waals surface area contributed by atoms with Crippen molar-refractivity contribution in [3.63, 3.8) is 0 Å². The molecule has 0 unspecified atom stereocenters. The number of nitrogens with one attached hydrogen (secondary N) is 2. The molecule has 0 saturated carbocycles. The summed E-state index contributed by atoms with van der Waals surface area (Å²) in [6.45, 7) is 5.74. The predicted molar refractivity (Wildman–Crippen MR) is 146 cm³/mol. The first-order chi connectivity index (χ1) is 17.9. The van der Waals surface area contributed by atoms with E-state index in [9.17, 15) is 24.9 Å². The molecule has 1 aliphatic carbocycles. The Morgan fingerprint density at radius 3 is 2.39 bits per heavy atom. The summed E-state index contributed by atoms with van der Waals surface area (Å²) in [5.74, 6) is -1.10. The average Bonchev–Trinajstić information content (AvgIpc) is 2.88. The molecular weight excluding hydrogens is 484 g/mol. The van der Waals surface area contributed by atoms with E-state index in [0.29, 0.717) is 18.4 Å². The van der Waals surface area contributed by atoms with Gasteiger partial charge >= 0.3 is 0 Å². The molecule has 5 N–H and O–H groups in total. The molecule has 0 saturated heterocycles. The first kappa shape index (κ1) is 29.4. The summed E-state index contributed by atoms with van der Waals surface area (Å²) >= 11 is 0. The van der Waals surface area contributed by atoms with E-state index < -0.39 is 36.4 Å². The standard InChI is InChI=1S/C30H38N2O6/c1-30(2,3)15-14-24(33)26(35)27(36)28(38-4)29(37)32-23-13-11-20-16-19(18-8-6-5-7-9-18)10-12-21(20)22(31)17-25(23)34/h5-10,12,14-16,23-24,26-28,31,33,35-36H,11,13,17H2,1-4H3,(H,32,37)/b15-14+,31-22?/t23-,24+,26-,27+,28+/m0/s1. The number of ketones is 1. The van der Waals surface area contributed by atoms with Gasteiger partial charge in [-0.05, 0) is 40.5 Å². The Morgan fingerprint density at radius 1 is 1.08 bits per heavy atom. The van der Waals surface area contributed by atoms with E-state index in [1.54, 1.807) is 6.08 Å². The molecule has 2 aromatic carbocycles. The molecular formula is C30H38N2O6. The Balaban J connectivity index is 1.74. The molecule has 204 valence electrons. The molecule has 1 amide bonds. The van der Waals surface area contributed by atoms with Gasteiger partial charge in [0.05, 0.1) is 12.5 Å². The quantitative estimate of drug-likeness (QED) is 0.338. The molecule has 38 heavy (non-hydrogen) atoms. The van der Waals surface area contributed by atoms with Gasteiger partial charge in [-0.25, -0.2) is 0 Å². The maximum absolute atomic E-state index is 13.0. The van der Waals surface area contributed by atoms with Crippen molar-refractivity contribution in [2.24, 2.45) is 5.41 Å². The van der Waals surface area contributed by atoms with Gasteiger partial charge in [0.25, 0.3) is 5.91 Å². The van der Waals surface area contributed by atoms with Crippen LogP contribution < -0.4 is 5.32 Å². The number of aliphatic hydroxyl groups is 3. The number of hydrogen-bond acceptors (Lipinski definition) is 7. The second-order valence-electron chi connectivity index (χ2n) is 10.8. The number of rotatable bonds is 8. The fourth-order valence-electron chi connectivity index (χ4n) is 4.45. The Bertz CT molecular complexity index is 1170. The molecule has 5 atom stereocenters. The number of carbonyl (C=O) groups excluding carboxylic acids is 2. The highest BCUT2D eigenvalue weighted by molar-refractivity contribution is 6.12. The SMILES string of the molecule is CO[C@@H](C(=O)N[C@H]1CCc2cc(-c3ccccc3)ccc2C(=N)CC1=O)[C@H](O)[C@@H](O)[C@H](O)/C=C/C(C)(C)C. The number of aliphatic hydroxyl groups excluding tert-OH is 3. The van der Waals surface area contributed by atoms with E-state index in [4.69, 9.17) is 10.1 Å². The Morgan fingerprint density at radius 2 is 1.76 bits per heavy atom. The molecule has 0 bridgehead atoms. The lowest BCUT2D eigenvalue weighted by Gasteiger charge is -2.29. The van der Waals surface area contributed by atoms with Gasteiger partial charge in [0.1, 0.15) is 18.3 Å². The zero-order valence-electron chi connectivity index (χ0n) is 22.3. The third kappa shape index (κ3) is 7.45. The summed E-state index contributed by atoms with van der Waals surface area (Å²) in [7, 11) is 1.20. The van der Waals surface area contributed by atoms with Gasteiger partial charge in [0.2, 0.25) is 0 Å². The normalized spacial score (nSPS) is 19.7. The topological polar surface area (TPSA) is 140 Å². The van der Waals surface area contributed by atoms with Crippen LogP contribution in [0.2, 0.25) is 0 Å². The minimum atomic E-state index is -1.74. The van der Waals surface area contributed by atoms with E-state index >= 15 is 0 Å². The fourth-order valence-corrected chi connectivity index (χ4v) is 4.45. The number of ether oxygens (including phenoxy) is 1. The minimum Gasteiger partial charge on any atom is -0.387 e. The maximum atomic E-state index is 13.0. The van der Waals surface area contributed by atoms with Crippen molar-refractivity contribution < 1.29 is 29.6 Å². The molecule has 0 spiro atoms. The maximum Gasteiger partial charge on any atom is 0.252 e. The lowest BCUT2D eigenvalue weighted by atomic mass is 9.87. The van der Waals surface area contributed by atoms with Gasteiger partial charge in [-0.1, -0.05) is 81.5 Å². The number of methoxy groups -OCH3 is 1. The number of benzene rings is 2. The van der Waals surface area contributed by atoms with Crippen LogP contribution in [0.4, 0.5) is 0 Å². The minimum absolute atomic E-state index is 0.151. The van der Waals surface area contributed by atoms with Crippen LogP contribution in [0.5, 0.6) is 0 Å². The molecule has 0 fully saturated rings. The molecule has 0 heterocycles. The van der Waals surface area contributed by atoms with E-state index in [1.165, 1.54) is 13.2 Å². The zero-order chi connectivity index (χ0) is 28.0. The lowest BCUT2D eigenvalue weighted by Crippen LogP contribution is -2.54. The zero-order valence-corrected chi connectivity index (χ0v) is 22.3. The van der Waals surface area contributed by atoms with Crippen molar-refractivity contribution in [3.05, 3.63) is 71.8 Å². The first-order valence-corrected chi connectivity index (χ1v) is 12.8. The third-order valence-corrected chi connectivity index (χ3v) is 6.61. The van der Waals surface area contributed by atoms with Crippen LogP contribution in [0.1, 0.15) is 44.7 Å². The summed E-state index contributed by atoms with van der Waals surface area (Å²) in [5, 5.41) is 42.4. The van der Waals surface area contributed by atoms with E-state index in [2.05, 4.69) is 5.32 Å². The lowest BCUT2D eigenvalue weighted by molar-refractivity contribution is -0.150. The van der Waals surface area contributed by atoms with E-state index in [0.717, 1.165) is 16.7 Å².